The standard InChI is InChI=1S/C20H16N2O4/c23-20(19-17-5-1-2-6-18(17)24-13-25-19)22-14-7-9-15(10-8-14)26-16-4-3-11-21-12-16/h1-12,19H,13H2,(H,22,23)/t19-/m0/s1. The third-order valence-corrected chi connectivity index (χ3v) is 3.88. The Morgan fingerprint density at radius 2 is 1.88 bits per heavy atom. The van der Waals surface area contributed by atoms with Gasteiger partial charge in [-0.15, -0.1) is 0 Å². The van der Waals surface area contributed by atoms with Crippen LogP contribution in [0.15, 0.2) is 73.1 Å². The Kier molecular flexibility index (Phi) is 4.49. The van der Waals surface area contributed by atoms with E-state index in [2.05, 4.69) is 10.3 Å². The number of rotatable bonds is 4. The van der Waals surface area contributed by atoms with Gasteiger partial charge in [0.05, 0.1) is 6.20 Å². The van der Waals surface area contributed by atoms with Gasteiger partial charge in [-0.3, -0.25) is 9.78 Å². The monoisotopic (exact) mass is 348 g/mol. The summed E-state index contributed by atoms with van der Waals surface area (Å²) in [6.45, 7) is 0.0486. The molecular weight excluding hydrogens is 332 g/mol. The number of hydrogen-bond donors (Lipinski definition) is 1. The fraction of sp³-hybridized carbons (Fsp3) is 0.100. The molecule has 0 aliphatic carbocycles. The van der Waals surface area contributed by atoms with Crippen LogP contribution in [-0.2, 0) is 9.53 Å². The van der Waals surface area contributed by atoms with Crippen molar-refractivity contribution >= 4 is 11.6 Å². The van der Waals surface area contributed by atoms with E-state index >= 15 is 0 Å². The lowest BCUT2D eigenvalue weighted by atomic mass is 10.1. The lowest BCUT2D eigenvalue weighted by Crippen LogP contribution is -2.28. The topological polar surface area (TPSA) is 69.7 Å². The van der Waals surface area contributed by atoms with Crippen molar-refractivity contribution < 1.29 is 19.0 Å². The normalized spacial score (nSPS) is 15.5. The first kappa shape index (κ1) is 16.1. The molecule has 0 saturated carbocycles. The second-order valence-electron chi connectivity index (χ2n) is 5.65. The van der Waals surface area contributed by atoms with Crippen LogP contribution in [0.2, 0.25) is 0 Å². The number of benzene rings is 2. The fourth-order valence-corrected chi connectivity index (χ4v) is 2.66. The van der Waals surface area contributed by atoms with Crippen LogP contribution in [0.1, 0.15) is 11.7 Å². The van der Waals surface area contributed by atoms with Crippen molar-refractivity contribution in [2.45, 2.75) is 6.10 Å². The van der Waals surface area contributed by atoms with Crippen molar-refractivity contribution in [2.75, 3.05) is 12.1 Å². The molecule has 2 heterocycles. The van der Waals surface area contributed by atoms with Gasteiger partial charge in [0.25, 0.3) is 5.91 Å². The summed E-state index contributed by atoms with van der Waals surface area (Å²) in [5.41, 5.74) is 1.37. The van der Waals surface area contributed by atoms with E-state index in [9.17, 15) is 4.79 Å². The molecule has 3 aromatic rings. The third kappa shape index (κ3) is 3.50. The molecule has 0 bridgehead atoms. The maximum atomic E-state index is 12.6. The first-order chi connectivity index (χ1) is 12.8. The van der Waals surface area contributed by atoms with E-state index in [1.54, 1.807) is 42.7 Å². The maximum Gasteiger partial charge on any atom is 0.258 e. The molecule has 6 nitrogen and oxygen atoms in total. The quantitative estimate of drug-likeness (QED) is 0.774. The zero-order valence-corrected chi connectivity index (χ0v) is 13.8. The predicted octanol–water partition coefficient (Wildman–Crippen LogP) is 3.92. The van der Waals surface area contributed by atoms with Gasteiger partial charge in [-0.05, 0) is 42.5 Å². The van der Waals surface area contributed by atoms with E-state index in [-0.39, 0.29) is 12.7 Å². The molecule has 0 spiro atoms. The molecule has 2 aromatic carbocycles. The Hall–Kier alpha value is -3.38. The number of anilines is 1. The molecule has 1 aliphatic rings. The van der Waals surface area contributed by atoms with Crippen molar-refractivity contribution in [1.29, 1.82) is 0 Å². The SMILES string of the molecule is O=C(Nc1ccc(Oc2cccnc2)cc1)[C@H]1OCOc2ccccc21. The van der Waals surface area contributed by atoms with Crippen LogP contribution < -0.4 is 14.8 Å². The molecule has 130 valence electrons. The second-order valence-corrected chi connectivity index (χ2v) is 5.65. The summed E-state index contributed by atoms with van der Waals surface area (Å²) in [7, 11) is 0. The van der Waals surface area contributed by atoms with Crippen LogP contribution in [0.25, 0.3) is 0 Å². The maximum absolute atomic E-state index is 12.6. The molecule has 0 saturated heterocycles. The summed E-state index contributed by atoms with van der Waals surface area (Å²) >= 11 is 0. The first-order valence-electron chi connectivity index (χ1n) is 8.12. The number of carbonyl (C=O) groups excluding carboxylic acids is 1. The summed E-state index contributed by atoms with van der Waals surface area (Å²) in [5.74, 6) is 1.72. The van der Waals surface area contributed by atoms with Gasteiger partial charge < -0.3 is 19.5 Å². The largest absolute Gasteiger partial charge is 0.467 e. The van der Waals surface area contributed by atoms with Crippen LogP contribution in [0.4, 0.5) is 5.69 Å². The van der Waals surface area contributed by atoms with Crippen molar-refractivity contribution in [3.63, 3.8) is 0 Å². The van der Waals surface area contributed by atoms with Crippen molar-refractivity contribution in [1.82, 2.24) is 4.98 Å². The first-order valence-corrected chi connectivity index (χ1v) is 8.12. The minimum atomic E-state index is -0.703. The van der Waals surface area contributed by atoms with E-state index in [0.717, 1.165) is 0 Å². The third-order valence-electron chi connectivity index (χ3n) is 3.88. The highest BCUT2D eigenvalue weighted by Gasteiger charge is 2.28. The number of hydrogen-bond acceptors (Lipinski definition) is 5. The summed E-state index contributed by atoms with van der Waals surface area (Å²) in [6, 6.07) is 18.1. The van der Waals surface area contributed by atoms with E-state index in [0.29, 0.717) is 28.5 Å². The summed E-state index contributed by atoms with van der Waals surface area (Å²) in [4.78, 5) is 16.6. The lowest BCUT2D eigenvalue weighted by molar-refractivity contribution is -0.136. The van der Waals surface area contributed by atoms with Gasteiger partial charge in [0.2, 0.25) is 0 Å². The van der Waals surface area contributed by atoms with E-state index in [4.69, 9.17) is 14.2 Å². The molecule has 0 fully saturated rings. The van der Waals surface area contributed by atoms with E-state index in [1.807, 2.05) is 30.3 Å². The number of fused-ring (bicyclic) bond motifs is 1. The van der Waals surface area contributed by atoms with Gasteiger partial charge in [0.1, 0.15) is 17.2 Å². The number of amides is 1. The van der Waals surface area contributed by atoms with Gasteiger partial charge in [-0.25, -0.2) is 0 Å². The predicted molar refractivity (Wildman–Crippen MR) is 95.1 cm³/mol. The van der Waals surface area contributed by atoms with Crippen LogP contribution in [0, 0.1) is 0 Å². The molecule has 1 amide bonds. The van der Waals surface area contributed by atoms with Gasteiger partial charge in [-0.2, -0.15) is 0 Å². The Bertz CT molecular complexity index is 897. The van der Waals surface area contributed by atoms with Gasteiger partial charge in [0.15, 0.2) is 12.9 Å². The zero-order chi connectivity index (χ0) is 17.8. The number of aromatic nitrogens is 1. The Morgan fingerprint density at radius 3 is 2.69 bits per heavy atom. The number of nitrogens with one attached hydrogen (secondary N) is 1. The molecule has 4 rings (SSSR count). The highest BCUT2D eigenvalue weighted by atomic mass is 16.7. The van der Waals surface area contributed by atoms with Crippen LogP contribution in [0.3, 0.4) is 0 Å². The van der Waals surface area contributed by atoms with Crippen molar-refractivity contribution in [3.05, 3.63) is 78.6 Å². The molecule has 0 unspecified atom stereocenters. The smallest absolute Gasteiger partial charge is 0.258 e. The van der Waals surface area contributed by atoms with Crippen LogP contribution in [0.5, 0.6) is 17.2 Å². The molecule has 1 atom stereocenters. The number of ether oxygens (including phenoxy) is 3. The average molecular weight is 348 g/mol. The zero-order valence-electron chi connectivity index (χ0n) is 13.8. The van der Waals surface area contributed by atoms with Crippen LogP contribution in [-0.4, -0.2) is 17.7 Å². The molecular formula is C20H16N2O4. The minimum Gasteiger partial charge on any atom is -0.467 e. The lowest BCUT2D eigenvalue weighted by Gasteiger charge is -2.25. The summed E-state index contributed by atoms with van der Waals surface area (Å²) in [5, 5.41) is 2.86. The number of nitrogens with zero attached hydrogens (tertiary/aromatic N) is 1. The molecule has 1 aliphatic heterocycles. The highest BCUT2D eigenvalue weighted by molar-refractivity contribution is 5.95. The van der Waals surface area contributed by atoms with Gasteiger partial charge >= 0.3 is 0 Å². The Labute approximate surface area is 150 Å². The Morgan fingerprint density at radius 1 is 1.04 bits per heavy atom. The molecule has 26 heavy (non-hydrogen) atoms. The minimum absolute atomic E-state index is 0.0486. The summed E-state index contributed by atoms with van der Waals surface area (Å²) in [6.07, 6.45) is 2.61. The van der Waals surface area contributed by atoms with Gasteiger partial charge in [-0.1, -0.05) is 18.2 Å². The van der Waals surface area contributed by atoms with Crippen LogP contribution >= 0.6 is 0 Å². The Balaban J connectivity index is 1.44. The number of pyridine rings is 1. The van der Waals surface area contributed by atoms with E-state index in [1.165, 1.54) is 0 Å². The highest BCUT2D eigenvalue weighted by Crippen LogP contribution is 2.32. The molecule has 6 heteroatoms. The fourth-order valence-electron chi connectivity index (χ4n) is 2.66. The second kappa shape index (κ2) is 7.25. The van der Waals surface area contributed by atoms with Crippen molar-refractivity contribution in [3.8, 4) is 17.2 Å². The van der Waals surface area contributed by atoms with Gasteiger partial charge in [0, 0.05) is 17.4 Å². The number of para-hydroxylation sites is 1. The summed E-state index contributed by atoms with van der Waals surface area (Å²) < 4.78 is 16.6. The van der Waals surface area contributed by atoms with Crippen molar-refractivity contribution in [2.24, 2.45) is 0 Å². The molecule has 0 radical (unpaired) electrons. The molecule has 1 N–H and O–H groups in total. The number of carbonyl (C=O) groups is 1. The van der Waals surface area contributed by atoms with E-state index < -0.39 is 6.10 Å². The average Bonchev–Trinajstić information content (AvgIpc) is 2.70. The molecule has 1 aromatic heterocycles.